The largest absolute Gasteiger partial charge is 0.392 e. The van der Waals surface area contributed by atoms with Crippen molar-refractivity contribution in [2.75, 3.05) is 4.90 Å². The highest BCUT2D eigenvalue weighted by molar-refractivity contribution is 5.52. The van der Waals surface area contributed by atoms with E-state index in [1.807, 2.05) is 30.5 Å². The summed E-state index contributed by atoms with van der Waals surface area (Å²) in [6.45, 7) is 5.15. The molecule has 1 aromatic carbocycles. The van der Waals surface area contributed by atoms with Gasteiger partial charge in [0.1, 0.15) is 0 Å². The first-order chi connectivity index (χ1) is 9.22. The number of rotatable bonds is 5. The van der Waals surface area contributed by atoms with E-state index < -0.39 is 0 Å². The maximum absolute atomic E-state index is 9.46. The first kappa shape index (κ1) is 13.6. The Balaban J connectivity index is 2.30. The topological polar surface area (TPSA) is 36.4 Å². The summed E-state index contributed by atoms with van der Waals surface area (Å²) in [4.78, 5) is 6.44. The minimum absolute atomic E-state index is 0.0376. The smallest absolute Gasteiger partial charge is 0.0703 e. The SMILES string of the molecule is CC(C)N(Cc1ccccc1)c1cnccc1CO. The number of pyridine rings is 1. The van der Waals surface area contributed by atoms with Gasteiger partial charge in [0.05, 0.1) is 18.5 Å². The average Bonchev–Trinajstić information content (AvgIpc) is 2.45. The molecule has 0 aliphatic heterocycles. The Hall–Kier alpha value is -1.87. The van der Waals surface area contributed by atoms with Gasteiger partial charge in [-0.05, 0) is 25.5 Å². The molecule has 0 aliphatic rings. The van der Waals surface area contributed by atoms with Gasteiger partial charge < -0.3 is 10.0 Å². The van der Waals surface area contributed by atoms with Gasteiger partial charge in [-0.2, -0.15) is 0 Å². The molecule has 0 bridgehead atoms. The van der Waals surface area contributed by atoms with Gasteiger partial charge >= 0.3 is 0 Å². The molecule has 1 N–H and O–H groups in total. The lowest BCUT2D eigenvalue weighted by molar-refractivity contribution is 0.281. The van der Waals surface area contributed by atoms with Crippen molar-refractivity contribution in [3.8, 4) is 0 Å². The number of hydrogen-bond acceptors (Lipinski definition) is 3. The number of hydrogen-bond donors (Lipinski definition) is 1. The van der Waals surface area contributed by atoms with E-state index in [9.17, 15) is 5.11 Å². The highest BCUT2D eigenvalue weighted by Gasteiger charge is 2.14. The molecular weight excluding hydrogens is 236 g/mol. The van der Waals surface area contributed by atoms with E-state index in [1.54, 1.807) is 6.20 Å². The predicted molar refractivity (Wildman–Crippen MR) is 77.9 cm³/mol. The second-order valence-corrected chi connectivity index (χ2v) is 4.87. The molecule has 100 valence electrons. The Morgan fingerprint density at radius 3 is 2.53 bits per heavy atom. The molecule has 3 heteroatoms. The van der Waals surface area contributed by atoms with Crippen LogP contribution in [0.5, 0.6) is 0 Å². The van der Waals surface area contributed by atoms with Crippen LogP contribution in [0.25, 0.3) is 0 Å². The number of aliphatic hydroxyl groups is 1. The Kier molecular flexibility index (Phi) is 4.53. The molecule has 0 atom stereocenters. The summed E-state index contributed by atoms with van der Waals surface area (Å²) in [5.41, 5.74) is 3.17. The fourth-order valence-electron chi connectivity index (χ4n) is 2.13. The summed E-state index contributed by atoms with van der Waals surface area (Å²) < 4.78 is 0. The van der Waals surface area contributed by atoms with Crippen LogP contribution < -0.4 is 4.90 Å². The quantitative estimate of drug-likeness (QED) is 0.893. The van der Waals surface area contributed by atoms with E-state index in [0.717, 1.165) is 17.8 Å². The monoisotopic (exact) mass is 256 g/mol. The molecule has 0 saturated heterocycles. The predicted octanol–water partition coefficient (Wildman–Crippen LogP) is 2.99. The van der Waals surface area contributed by atoms with E-state index in [2.05, 4.69) is 35.9 Å². The zero-order chi connectivity index (χ0) is 13.7. The first-order valence-corrected chi connectivity index (χ1v) is 6.56. The van der Waals surface area contributed by atoms with Crippen molar-refractivity contribution in [1.29, 1.82) is 0 Å². The maximum atomic E-state index is 9.46. The van der Waals surface area contributed by atoms with E-state index in [1.165, 1.54) is 5.56 Å². The zero-order valence-electron chi connectivity index (χ0n) is 11.5. The lowest BCUT2D eigenvalue weighted by Gasteiger charge is -2.30. The third kappa shape index (κ3) is 3.32. The average molecular weight is 256 g/mol. The molecule has 0 spiro atoms. The Morgan fingerprint density at radius 1 is 1.16 bits per heavy atom. The standard InChI is InChI=1S/C16H20N2O/c1-13(2)18(11-14-6-4-3-5-7-14)16-10-17-9-8-15(16)12-19/h3-10,13,19H,11-12H2,1-2H3. The van der Waals surface area contributed by atoms with Gasteiger partial charge in [0.2, 0.25) is 0 Å². The molecule has 19 heavy (non-hydrogen) atoms. The third-order valence-electron chi connectivity index (χ3n) is 3.19. The molecule has 0 saturated carbocycles. The molecule has 3 nitrogen and oxygen atoms in total. The lowest BCUT2D eigenvalue weighted by atomic mass is 10.1. The summed E-state index contributed by atoms with van der Waals surface area (Å²) in [6.07, 6.45) is 3.55. The fourth-order valence-corrected chi connectivity index (χ4v) is 2.13. The second-order valence-electron chi connectivity index (χ2n) is 4.87. The van der Waals surface area contributed by atoms with Crippen molar-refractivity contribution in [2.24, 2.45) is 0 Å². The van der Waals surface area contributed by atoms with Crippen LogP contribution in [0.2, 0.25) is 0 Å². The molecular formula is C16H20N2O. The van der Waals surface area contributed by atoms with Crippen LogP contribution in [0, 0.1) is 0 Å². The molecule has 2 aromatic rings. The van der Waals surface area contributed by atoms with Crippen molar-refractivity contribution in [2.45, 2.75) is 33.0 Å². The zero-order valence-corrected chi connectivity index (χ0v) is 11.5. The van der Waals surface area contributed by atoms with Gasteiger partial charge in [-0.25, -0.2) is 0 Å². The summed E-state index contributed by atoms with van der Waals surface area (Å²) in [5, 5.41) is 9.46. The van der Waals surface area contributed by atoms with Gasteiger partial charge in [0, 0.05) is 24.3 Å². The van der Waals surface area contributed by atoms with E-state index in [4.69, 9.17) is 0 Å². The summed E-state index contributed by atoms with van der Waals surface area (Å²) in [5.74, 6) is 0. The lowest BCUT2D eigenvalue weighted by Crippen LogP contribution is -2.31. The van der Waals surface area contributed by atoms with Crippen molar-refractivity contribution in [3.05, 3.63) is 59.9 Å². The van der Waals surface area contributed by atoms with Crippen molar-refractivity contribution < 1.29 is 5.11 Å². The molecule has 0 fully saturated rings. The number of anilines is 1. The summed E-state index contributed by atoms with van der Waals surface area (Å²) >= 11 is 0. The van der Waals surface area contributed by atoms with Crippen LogP contribution in [0.15, 0.2) is 48.8 Å². The highest BCUT2D eigenvalue weighted by Crippen LogP contribution is 2.23. The third-order valence-corrected chi connectivity index (χ3v) is 3.19. The van der Waals surface area contributed by atoms with E-state index >= 15 is 0 Å². The van der Waals surface area contributed by atoms with Gasteiger partial charge in [0.25, 0.3) is 0 Å². The molecule has 0 unspecified atom stereocenters. The van der Waals surface area contributed by atoms with Crippen LogP contribution in [0.4, 0.5) is 5.69 Å². The van der Waals surface area contributed by atoms with Crippen LogP contribution >= 0.6 is 0 Å². The maximum Gasteiger partial charge on any atom is 0.0703 e. The van der Waals surface area contributed by atoms with Gasteiger partial charge in [-0.1, -0.05) is 30.3 Å². The van der Waals surface area contributed by atoms with Crippen molar-refractivity contribution in [1.82, 2.24) is 4.98 Å². The normalized spacial score (nSPS) is 10.7. The minimum Gasteiger partial charge on any atom is -0.392 e. The van der Waals surface area contributed by atoms with Crippen LogP contribution in [-0.4, -0.2) is 16.1 Å². The Labute approximate surface area is 114 Å². The minimum atomic E-state index is 0.0376. The fraction of sp³-hybridized carbons (Fsp3) is 0.312. The summed E-state index contributed by atoms with van der Waals surface area (Å²) in [7, 11) is 0. The van der Waals surface area contributed by atoms with Crippen LogP contribution in [-0.2, 0) is 13.2 Å². The molecule has 2 rings (SSSR count). The van der Waals surface area contributed by atoms with Gasteiger partial charge in [-0.3, -0.25) is 4.98 Å². The van der Waals surface area contributed by atoms with Crippen LogP contribution in [0.3, 0.4) is 0 Å². The highest BCUT2D eigenvalue weighted by atomic mass is 16.3. The molecule has 0 radical (unpaired) electrons. The Bertz CT molecular complexity index is 511. The number of aliphatic hydroxyl groups excluding tert-OH is 1. The second kappa shape index (κ2) is 6.34. The molecule has 0 amide bonds. The Morgan fingerprint density at radius 2 is 1.89 bits per heavy atom. The summed E-state index contributed by atoms with van der Waals surface area (Å²) in [6, 6.07) is 12.6. The number of benzene rings is 1. The molecule has 0 aliphatic carbocycles. The number of nitrogens with zero attached hydrogens (tertiary/aromatic N) is 2. The molecule has 1 aromatic heterocycles. The van der Waals surface area contributed by atoms with Crippen LogP contribution in [0.1, 0.15) is 25.0 Å². The number of aromatic nitrogens is 1. The van der Waals surface area contributed by atoms with E-state index in [0.29, 0.717) is 6.04 Å². The van der Waals surface area contributed by atoms with Crippen molar-refractivity contribution >= 4 is 5.69 Å². The van der Waals surface area contributed by atoms with Gasteiger partial charge in [-0.15, -0.1) is 0 Å². The van der Waals surface area contributed by atoms with Crippen molar-refractivity contribution in [3.63, 3.8) is 0 Å². The molecule has 1 heterocycles. The van der Waals surface area contributed by atoms with E-state index in [-0.39, 0.29) is 6.61 Å². The van der Waals surface area contributed by atoms with Gasteiger partial charge in [0.15, 0.2) is 0 Å². The first-order valence-electron chi connectivity index (χ1n) is 6.56.